The Morgan fingerprint density at radius 1 is 0.698 bits per heavy atom. The molecule has 2 aromatic carbocycles. The van der Waals surface area contributed by atoms with Crippen molar-refractivity contribution in [2.45, 2.75) is 79.1 Å². The topological polar surface area (TPSA) is 150 Å². The highest BCUT2D eigenvalue weighted by Gasteiger charge is 2.25. The van der Waals surface area contributed by atoms with Crippen molar-refractivity contribution in [1.82, 2.24) is 0 Å². The lowest BCUT2D eigenvalue weighted by atomic mass is 10.1. The maximum atomic E-state index is 12.7. The molecule has 0 saturated carbocycles. The zero-order chi connectivity index (χ0) is 31.9. The molecule has 0 aliphatic heterocycles. The second-order valence-electron chi connectivity index (χ2n) is 11.0. The summed E-state index contributed by atoms with van der Waals surface area (Å²) in [5, 5.41) is 0. The summed E-state index contributed by atoms with van der Waals surface area (Å²) in [6, 6.07) is 11.7. The predicted octanol–water partition coefficient (Wildman–Crippen LogP) is 5.86. The lowest BCUT2D eigenvalue weighted by molar-refractivity contribution is -0.154. The highest BCUT2D eigenvalue weighted by molar-refractivity contribution is 5.89. The molecular weight excluding hydrogens is 558 g/mol. The quantitative estimate of drug-likeness (QED) is 0.149. The van der Waals surface area contributed by atoms with Gasteiger partial charge in [-0.05, 0) is 74.8 Å². The SMILES string of the molecule is CC(C)CCOC(=O)Oc1ccc(C[C@H](N)C(=O)O[C@@H](C)[C@H](C)OC(=O)c2ccccc2)cc1OC(=O)OCCC(C)C. The van der Waals surface area contributed by atoms with Gasteiger partial charge >= 0.3 is 24.2 Å². The molecule has 0 aliphatic rings. The van der Waals surface area contributed by atoms with Crippen molar-refractivity contribution in [3.63, 3.8) is 0 Å². The van der Waals surface area contributed by atoms with Crippen molar-refractivity contribution >= 4 is 24.2 Å². The highest BCUT2D eigenvalue weighted by Crippen LogP contribution is 2.30. The zero-order valence-corrected chi connectivity index (χ0v) is 25.7. The van der Waals surface area contributed by atoms with Gasteiger partial charge in [0.2, 0.25) is 0 Å². The number of hydrogen-bond acceptors (Lipinski definition) is 11. The van der Waals surface area contributed by atoms with Gasteiger partial charge in [0.15, 0.2) is 11.5 Å². The summed E-state index contributed by atoms with van der Waals surface area (Å²) in [5.74, 6) is -0.793. The first-order valence-electron chi connectivity index (χ1n) is 14.4. The van der Waals surface area contributed by atoms with Crippen LogP contribution in [-0.2, 0) is 30.2 Å². The maximum absolute atomic E-state index is 12.7. The van der Waals surface area contributed by atoms with E-state index in [-0.39, 0.29) is 31.1 Å². The predicted molar refractivity (Wildman–Crippen MR) is 158 cm³/mol. The van der Waals surface area contributed by atoms with Crippen LogP contribution in [0.4, 0.5) is 9.59 Å². The molecule has 2 rings (SSSR count). The largest absolute Gasteiger partial charge is 0.513 e. The molecule has 2 aromatic rings. The Hall–Kier alpha value is -4.12. The van der Waals surface area contributed by atoms with E-state index < -0.39 is 42.5 Å². The highest BCUT2D eigenvalue weighted by atomic mass is 16.7. The summed E-state index contributed by atoms with van der Waals surface area (Å²) in [7, 11) is 0. The Labute approximate surface area is 252 Å². The number of carbonyl (C=O) groups is 4. The minimum absolute atomic E-state index is 0.00160. The van der Waals surface area contributed by atoms with Crippen LogP contribution in [0.25, 0.3) is 0 Å². The number of hydrogen-bond donors (Lipinski definition) is 1. The molecule has 11 nitrogen and oxygen atoms in total. The van der Waals surface area contributed by atoms with Crippen LogP contribution in [0.3, 0.4) is 0 Å². The lowest BCUT2D eigenvalue weighted by Crippen LogP contribution is -2.39. The Kier molecular flexibility index (Phi) is 14.5. The Morgan fingerprint density at radius 2 is 1.23 bits per heavy atom. The molecule has 3 atom stereocenters. The molecule has 0 saturated heterocycles. The molecule has 0 heterocycles. The number of esters is 2. The summed E-state index contributed by atoms with van der Waals surface area (Å²) in [5.41, 5.74) is 6.98. The van der Waals surface area contributed by atoms with E-state index in [1.807, 2.05) is 27.7 Å². The molecule has 0 spiro atoms. The zero-order valence-electron chi connectivity index (χ0n) is 25.7. The van der Waals surface area contributed by atoms with Crippen molar-refractivity contribution in [2.75, 3.05) is 13.2 Å². The molecule has 43 heavy (non-hydrogen) atoms. The van der Waals surface area contributed by atoms with Gasteiger partial charge in [-0.2, -0.15) is 0 Å². The minimum Gasteiger partial charge on any atom is -0.458 e. The molecule has 0 bridgehead atoms. The number of rotatable bonds is 15. The summed E-state index contributed by atoms with van der Waals surface area (Å²) in [6.07, 6.45) is -2.15. The van der Waals surface area contributed by atoms with Crippen LogP contribution in [-0.4, -0.2) is 55.7 Å². The Balaban J connectivity index is 2.05. The van der Waals surface area contributed by atoms with E-state index in [0.29, 0.717) is 35.8 Å². The molecule has 0 aliphatic carbocycles. The first-order valence-corrected chi connectivity index (χ1v) is 14.4. The normalized spacial score (nSPS) is 13.0. The third-order valence-corrected chi connectivity index (χ3v) is 6.25. The molecule has 0 aromatic heterocycles. The summed E-state index contributed by atoms with van der Waals surface area (Å²) in [4.78, 5) is 49.6. The van der Waals surface area contributed by atoms with E-state index >= 15 is 0 Å². The van der Waals surface area contributed by atoms with E-state index in [0.717, 1.165) is 0 Å². The molecule has 0 amide bonds. The second-order valence-corrected chi connectivity index (χ2v) is 11.0. The first kappa shape index (κ1) is 35.1. The van der Waals surface area contributed by atoms with Crippen LogP contribution in [0.5, 0.6) is 11.5 Å². The van der Waals surface area contributed by atoms with Crippen LogP contribution in [0.1, 0.15) is 70.3 Å². The molecule has 0 radical (unpaired) electrons. The first-order chi connectivity index (χ1) is 20.3. The summed E-state index contributed by atoms with van der Waals surface area (Å²) in [6.45, 7) is 11.5. The van der Waals surface area contributed by atoms with E-state index in [1.54, 1.807) is 50.2 Å². The van der Waals surface area contributed by atoms with Crippen LogP contribution in [0.15, 0.2) is 48.5 Å². The molecule has 2 N–H and O–H groups in total. The fourth-order valence-electron chi connectivity index (χ4n) is 3.45. The van der Waals surface area contributed by atoms with Crippen molar-refractivity contribution < 1.29 is 47.6 Å². The third kappa shape index (κ3) is 13.2. The Morgan fingerprint density at radius 3 is 1.79 bits per heavy atom. The van der Waals surface area contributed by atoms with Crippen molar-refractivity contribution in [1.29, 1.82) is 0 Å². The van der Waals surface area contributed by atoms with E-state index in [4.69, 9.17) is 34.2 Å². The number of carbonyl (C=O) groups excluding carboxylic acids is 4. The van der Waals surface area contributed by atoms with Gasteiger partial charge in [-0.3, -0.25) is 4.79 Å². The monoisotopic (exact) mass is 601 g/mol. The average Bonchev–Trinajstić information content (AvgIpc) is 2.94. The van der Waals surface area contributed by atoms with Crippen LogP contribution in [0.2, 0.25) is 0 Å². The number of benzene rings is 2. The fraction of sp³-hybridized carbons (Fsp3) is 0.500. The van der Waals surface area contributed by atoms with Gasteiger partial charge < -0.3 is 34.2 Å². The smallest absolute Gasteiger partial charge is 0.458 e. The molecule has 0 fully saturated rings. The van der Waals surface area contributed by atoms with E-state index in [2.05, 4.69) is 0 Å². The average molecular weight is 602 g/mol. The van der Waals surface area contributed by atoms with Gasteiger partial charge in [0.05, 0.1) is 18.8 Å². The Bertz CT molecular complexity index is 1200. The third-order valence-electron chi connectivity index (χ3n) is 6.25. The second kappa shape index (κ2) is 17.7. The fourth-order valence-corrected chi connectivity index (χ4v) is 3.45. The van der Waals surface area contributed by atoms with Crippen LogP contribution >= 0.6 is 0 Å². The van der Waals surface area contributed by atoms with Gasteiger partial charge in [-0.25, -0.2) is 14.4 Å². The summed E-state index contributed by atoms with van der Waals surface area (Å²) < 4.78 is 31.6. The van der Waals surface area contributed by atoms with Gasteiger partial charge in [-0.1, -0.05) is 52.0 Å². The van der Waals surface area contributed by atoms with Crippen LogP contribution in [0, 0.1) is 11.8 Å². The molecule has 236 valence electrons. The van der Waals surface area contributed by atoms with E-state index in [1.165, 1.54) is 12.1 Å². The lowest BCUT2D eigenvalue weighted by Gasteiger charge is -2.22. The molecule has 0 unspecified atom stereocenters. The van der Waals surface area contributed by atoms with Crippen LogP contribution < -0.4 is 15.2 Å². The van der Waals surface area contributed by atoms with Crippen molar-refractivity contribution in [3.8, 4) is 11.5 Å². The molecular formula is C32H43NO10. The van der Waals surface area contributed by atoms with E-state index in [9.17, 15) is 19.2 Å². The number of ether oxygens (including phenoxy) is 6. The van der Waals surface area contributed by atoms with Gasteiger partial charge in [0, 0.05) is 0 Å². The van der Waals surface area contributed by atoms with Crippen molar-refractivity contribution in [3.05, 3.63) is 59.7 Å². The van der Waals surface area contributed by atoms with Gasteiger partial charge in [-0.15, -0.1) is 0 Å². The minimum atomic E-state index is -1.10. The summed E-state index contributed by atoms with van der Waals surface area (Å²) >= 11 is 0. The number of nitrogens with two attached hydrogens (primary N) is 1. The standard InChI is InChI=1S/C32H43NO10/c1-20(2)14-16-38-31(36)42-27-13-12-24(19-28(27)43-32(37)39-17-15-21(3)4)18-26(33)30(35)41-23(6)22(5)40-29(34)25-10-8-7-9-11-25/h7-13,19-23,26H,14-18,33H2,1-6H3/t22-,23-,26-/m0/s1. The molecule has 11 heteroatoms. The van der Waals surface area contributed by atoms with Crippen molar-refractivity contribution in [2.24, 2.45) is 17.6 Å². The van der Waals surface area contributed by atoms with Gasteiger partial charge in [0.25, 0.3) is 0 Å². The van der Waals surface area contributed by atoms with Gasteiger partial charge in [0.1, 0.15) is 18.2 Å². The maximum Gasteiger partial charge on any atom is 0.513 e.